The lowest BCUT2D eigenvalue weighted by molar-refractivity contribution is -0.136. The number of nitrogens with zero attached hydrogens (tertiary/aromatic N) is 1. The second-order valence-electron chi connectivity index (χ2n) is 5.17. The van der Waals surface area contributed by atoms with Gasteiger partial charge < -0.3 is 14.8 Å². The van der Waals surface area contributed by atoms with Gasteiger partial charge >= 0.3 is 11.8 Å². The van der Waals surface area contributed by atoms with E-state index < -0.39 is 11.8 Å². The first-order chi connectivity index (χ1) is 12.5. The topological polar surface area (TPSA) is 89.0 Å². The Morgan fingerprint density at radius 2 is 1.88 bits per heavy atom. The molecule has 0 saturated heterocycles. The summed E-state index contributed by atoms with van der Waals surface area (Å²) in [6, 6.07) is 10.1. The lowest BCUT2D eigenvalue weighted by Gasteiger charge is -2.08. The van der Waals surface area contributed by atoms with Crippen LogP contribution >= 0.6 is 11.6 Å². The van der Waals surface area contributed by atoms with Gasteiger partial charge in [-0.05, 0) is 36.8 Å². The van der Waals surface area contributed by atoms with E-state index >= 15 is 0 Å². The number of nitrogens with one attached hydrogen (secondary N) is 2. The second-order valence-corrected chi connectivity index (χ2v) is 5.58. The number of benzene rings is 2. The van der Waals surface area contributed by atoms with Gasteiger partial charge in [-0.25, -0.2) is 5.43 Å². The van der Waals surface area contributed by atoms with E-state index in [0.717, 1.165) is 0 Å². The fraction of sp³-hybridized carbons (Fsp3) is 0.167. The van der Waals surface area contributed by atoms with Crippen molar-refractivity contribution in [3.63, 3.8) is 0 Å². The van der Waals surface area contributed by atoms with Crippen molar-refractivity contribution in [3.8, 4) is 11.5 Å². The highest BCUT2D eigenvalue weighted by Gasteiger charge is 2.14. The van der Waals surface area contributed by atoms with Crippen molar-refractivity contribution in [1.82, 2.24) is 5.43 Å². The number of hydrazone groups is 1. The van der Waals surface area contributed by atoms with Gasteiger partial charge in [-0.15, -0.1) is 0 Å². The first kappa shape index (κ1) is 19.3. The molecule has 0 heterocycles. The van der Waals surface area contributed by atoms with Gasteiger partial charge in [0.25, 0.3) is 0 Å². The number of carbonyl (C=O) groups excluding carboxylic acids is 2. The summed E-state index contributed by atoms with van der Waals surface area (Å²) >= 11 is 5.98. The van der Waals surface area contributed by atoms with Crippen molar-refractivity contribution in [3.05, 3.63) is 52.5 Å². The zero-order valence-electron chi connectivity index (χ0n) is 14.5. The van der Waals surface area contributed by atoms with Crippen molar-refractivity contribution in [2.75, 3.05) is 19.5 Å². The number of ether oxygens (including phenoxy) is 2. The maximum atomic E-state index is 11.9. The highest BCUT2D eigenvalue weighted by molar-refractivity contribution is 6.40. The Morgan fingerprint density at radius 1 is 1.12 bits per heavy atom. The van der Waals surface area contributed by atoms with Crippen LogP contribution in [0.5, 0.6) is 11.5 Å². The monoisotopic (exact) mass is 375 g/mol. The third kappa shape index (κ3) is 4.73. The maximum absolute atomic E-state index is 11.9. The zero-order valence-corrected chi connectivity index (χ0v) is 15.3. The van der Waals surface area contributed by atoms with E-state index in [1.807, 2.05) is 0 Å². The minimum atomic E-state index is -0.909. The van der Waals surface area contributed by atoms with Gasteiger partial charge in [0, 0.05) is 22.3 Å². The van der Waals surface area contributed by atoms with Crippen LogP contribution in [0.4, 0.5) is 5.69 Å². The van der Waals surface area contributed by atoms with Crippen LogP contribution in [0.3, 0.4) is 0 Å². The predicted octanol–water partition coefficient (Wildman–Crippen LogP) is 2.75. The van der Waals surface area contributed by atoms with Gasteiger partial charge in [0.15, 0.2) is 0 Å². The normalized spacial score (nSPS) is 10.5. The van der Waals surface area contributed by atoms with Gasteiger partial charge in [-0.2, -0.15) is 5.10 Å². The van der Waals surface area contributed by atoms with Crippen molar-refractivity contribution >= 4 is 35.3 Å². The van der Waals surface area contributed by atoms with E-state index in [4.69, 9.17) is 21.1 Å². The molecule has 2 rings (SSSR count). The summed E-state index contributed by atoms with van der Waals surface area (Å²) in [5.41, 5.74) is 3.90. The maximum Gasteiger partial charge on any atom is 0.329 e. The molecule has 0 unspecified atom stereocenters. The molecule has 0 bridgehead atoms. The molecule has 0 saturated carbocycles. The number of anilines is 1. The molecule has 0 atom stereocenters. The summed E-state index contributed by atoms with van der Waals surface area (Å²) < 4.78 is 10.3. The van der Waals surface area contributed by atoms with Crippen LogP contribution in [0.2, 0.25) is 5.02 Å². The van der Waals surface area contributed by atoms with Gasteiger partial charge in [-0.3, -0.25) is 9.59 Å². The highest BCUT2D eigenvalue weighted by Crippen LogP contribution is 2.23. The van der Waals surface area contributed by atoms with Crippen molar-refractivity contribution in [2.45, 2.75) is 6.92 Å². The van der Waals surface area contributed by atoms with Gasteiger partial charge in [0.2, 0.25) is 0 Å². The molecule has 0 aliphatic rings. The number of carbonyl (C=O) groups is 2. The van der Waals surface area contributed by atoms with Crippen LogP contribution in [0.1, 0.15) is 11.1 Å². The summed E-state index contributed by atoms with van der Waals surface area (Å²) in [6.45, 7) is 1.74. The number of hydrogen-bond donors (Lipinski definition) is 2. The van der Waals surface area contributed by atoms with Crippen molar-refractivity contribution in [1.29, 1.82) is 0 Å². The van der Waals surface area contributed by atoms with Crippen LogP contribution in [0.15, 0.2) is 41.5 Å². The van der Waals surface area contributed by atoms with E-state index in [2.05, 4.69) is 15.8 Å². The van der Waals surface area contributed by atoms with Crippen molar-refractivity contribution < 1.29 is 19.1 Å². The quantitative estimate of drug-likeness (QED) is 0.477. The molecule has 26 heavy (non-hydrogen) atoms. The molecule has 7 nitrogen and oxygen atoms in total. The molecule has 0 fully saturated rings. The van der Waals surface area contributed by atoms with Gasteiger partial charge in [0.05, 0.1) is 20.4 Å². The molecule has 2 aromatic carbocycles. The molecule has 8 heteroatoms. The third-order valence-corrected chi connectivity index (χ3v) is 3.94. The van der Waals surface area contributed by atoms with E-state index in [1.54, 1.807) is 50.4 Å². The van der Waals surface area contributed by atoms with Gasteiger partial charge in [0.1, 0.15) is 11.5 Å². The molecule has 0 radical (unpaired) electrons. The first-order valence-electron chi connectivity index (χ1n) is 7.57. The average molecular weight is 376 g/mol. The van der Waals surface area contributed by atoms with E-state index in [-0.39, 0.29) is 0 Å². The number of amides is 2. The van der Waals surface area contributed by atoms with Crippen molar-refractivity contribution in [2.24, 2.45) is 5.10 Å². The SMILES string of the molecule is COc1ccc(/C=N\NC(=O)C(=O)Nc2cccc(Cl)c2C)c(OC)c1. The Bertz CT molecular complexity index is 852. The largest absolute Gasteiger partial charge is 0.497 e. The Kier molecular flexibility index (Phi) is 6.57. The Labute approximate surface area is 155 Å². The minimum Gasteiger partial charge on any atom is -0.497 e. The van der Waals surface area contributed by atoms with E-state index in [1.165, 1.54) is 13.3 Å². The van der Waals surface area contributed by atoms with Crippen LogP contribution in [-0.2, 0) is 9.59 Å². The summed E-state index contributed by atoms with van der Waals surface area (Å²) in [6.07, 6.45) is 1.37. The predicted molar refractivity (Wildman–Crippen MR) is 100 cm³/mol. The standard InChI is InChI=1S/C18H18ClN3O4/c1-11-14(19)5-4-6-15(11)21-17(23)18(24)22-20-10-12-7-8-13(25-2)9-16(12)26-3/h4-10H,1-3H3,(H,21,23)(H,22,24)/b20-10-. The average Bonchev–Trinajstić information content (AvgIpc) is 2.65. The molecule has 0 aliphatic carbocycles. The molecule has 2 amide bonds. The fourth-order valence-corrected chi connectivity index (χ4v) is 2.23. The molecule has 0 spiro atoms. The summed E-state index contributed by atoms with van der Waals surface area (Å²) in [4.78, 5) is 23.8. The third-order valence-electron chi connectivity index (χ3n) is 3.53. The minimum absolute atomic E-state index is 0.457. The van der Waals surface area contributed by atoms with Crippen LogP contribution in [0, 0.1) is 6.92 Å². The van der Waals surface area contributed by atoms with Crippen LogP contribution < -0.4 is 20.2 Å². The lowest BCUT2D eigenvalue weighted by Crippen LogP contribution is -2.32. The van der Waals surface area contributed by atoms with E-state index in [0.29, 0.717) is 33.3 Å². The summed E-state index contributed by atoms with van der Waals surface area (Å²) in [7, 11) is 3.05. The van der Waals surface area contributed by atoms with Gasteiger partial charge in [-0.1, -0.05) is 17.7 Å². The highest BCUT2D eigenvalue weighted by atomic mass is 35.5. The number of rotatable bonds is 5. The molecule has 2 N–H and O–H groups in total. The molecule has 136 valence electrons. The Morgan fingerprint density at radius 3 is 2.58 bits per heavy atom. The molecular weight excluding hydrogens is 358 g/mol. The zero-order chi connectivity index (χ0) is 19.1. The lowest BCUT2D eigenvalue weighted by atomic mass is 10.2. The molecule has 2 aromatic rings. The Hall–Kier alpha value is -3.06. The summed E-state index contributed by atoms with van der Waals surface area (Å²) in [5, 5.41) is 6.76. The second kappa shape index (κ2) is 8.87. The number of halogens is 1. The summed E-state index contributed by atoms with van der Waals surface area (Å²) in [5.74, 6) is -0.622. The molecular formula is C18H18ClN3O4. The smallest absolute Gasteiger partial charge is 0.329 e. The first-order valence-corrected chi connectivity index (χ1v) is 7.95. The van der Waals surface area contributed by atoms with Crippen LogP contribution in [0.25, 0.3) is 0 Å². The number of methoxy groups -OCH3 is 2. The Balaban J connectivity index is 2.00. The number of hydrogen-bond acceptors (Lipinski definition) is 5. The molecule has 0 aliphatic heterocycles. The van der Waals surface area contributed by atoms with Crippen LogP contribution in [-0.4, -0.2) is 32.2 Å². The fourth-order valence-electron chi connectivity index (χ4n) is 2.06. The molecule has 0 aromatic heterocycles. The van der Waals surface area contributed by atoms with E-state index in [9.17, 15) is 9.59 Å².